The summed E-state index contributed by atoms with van der Waals surface area (Å²) in [5.41, 5.74) is 1.67. The van der Waals surface area contributed by atoms with Gasteiger partial charge in [-0.2, -0.15) is 0 Å². The maximum Gasteiger partial charge on any atom is 0.251 e. The highest BCUT2D eigenvalue weighted by Crippen LogP contribution is 2.30. The van der Waals surface area contributed by atoms with Crippen LogP contribution < -0.4 is 10.2 Å². The van der Waals surface area contributed by atoms with Crippen molar-refractivity contribution in [3.05, 3.63) is 29.8 Å². The van der Waals surface area contributed by atoms with Crippen LogP contribution in [-0.2, 0) is 14.3 Å². The SMILES string of the molecule is CC[C@H](C)C(NC(=O)c1ccc(N2CCN(C3CC3)CC2)cc1)C(=O)N1CC[C@H]2OCC(=O)[C@H]21. The average Bonchev–Trinajstić information content (AvgIpc) is 3.53. The summed E-state index contributed by atoms with van der Waals surface area (Å²) in [5.74, 6) is -0.527. The van der Waals surface area contributed by atoms with E-state index in [0.29, 0.717) is 18.5 Å². The molecular formula is C26H36N4O4. The number of amides is 2. The van der Waals surface area contributed by atoms with Crippen molar-refractivity contribution in [3.63, 3.8) is 0 Å². The molecule has 4 aliphatic rings. The Labute approximate surface area is 201 Å². The average molecular weight is 469 g/mol. The van der Waals surface area contributed by atoms with E-state index in [1.165, 1.54) is 12.8 Å². The largest absolute Gasteiger partial charge is 0.369 e. The molecule has 5 rings (SSSR count). The monoisotopic (exact) mass is 468 g/mol. The molecule has 1 aromatic carbocycles. The Balaban J connectivity index is 1.23. The summed E-state index contributed by atoms with van der Waals surface area (Å²) in [6.07, 6.45) is 3.89. The van der Waals surface area contributed by atoms with Crippen molar-refractivity contribution < 1.29 is 19.1 Å². The molecular weight excluding hydrogens is 432 g/mol. The summed E-state index contributed by atoms with van der Waals surface area (Å²) in [6, 6.07) is 7.32. The molecule has 184 valence electrons. The van der Waals surface area contributed by atoms with Crippen LogP contribution in [0.3, 0.4) is 0 Å². The predicted octanol–water partition coefficient (Wildman–Crippen LogP) is 1.68. The molecule has 8 heteroatoms. The molecule has 4 fully saturated rings. The van der Waals surface area contributed by atoms with Crippen molar-refractivity contribution in [2.45, 2.75) is 63.8 Å². The summed E-state index contributed by atoms with van der Waals surface area (Å²) in [5, 5.41) is 2.98. The molecule has 3 heterocycles. The highest BCUT2D eigenvalue weighted by Gasteiger charge is 2.48. The van der Waals surface area contributed by atoms with Gasteiger partial charge in [0.2, 0.25) is 5.91 Å². The summed E-state index contributed by atoms with van der Waals surface area (Å²) in [4.78, 5) is 45.4. The minimum absolute atomic E-state index is 0.0429. The Morgan fingerprint density at radius 3 is 2.41 bits per heavy atom. The van der Waals surface area contributed by atoms with Gasteiger partial charge in [0.05, 0.1) is 6.10 Å². The second kappa shape index (κ2) is 9.66. The third kappa shape index (κ3) is 4.58. The molecule has 0 spiro atoms. The van der Waals surface area contributed by atoms with Crippen LogP contribution in [0.15, 0.2) is 24.3 Å². The van der Waals surface area contributed by atoms with Crippen LogP contribution >= 0.6 is 0 Å². The van der Waals surface area contributed by atoms with Crippen LogP contribution in [0.4, 0.5) is 5.69 Å². The van der Waals surface area contributed by atoms with E-state index in [1.807, 2.05) is 38.1 Å². The number of hydrogen-bond acceptors (Lipinski definition) is 6. The lowest BCUT2D eigenvalue weighted by Crippen LogP contribution is -2.54. The number of piperazine rings is 1. The highest BCUT2D eigenvalue weighted by atomic mass is 16.5. The van der Waals surface area contributed by atoms with Gasteiger partial charge < -0.3 is 19.9 Å². The van der Waals surface area contributed by atoms with E-state index in [0.717, 1.165) is 44.3 Å². The first-order valence-electron chi connectivity index (χ1n) is 12.8. The smallest absolute Gasteiger partial charge is 0.251 e. The molecule has 1 N–H and O–H groups in total. The number of likely N-dealkylation sites (tertiary alicyclic amines) is 1. The fraction of sp³-hybridized carbons (Fsp3) is 0.654. The molecule has 0 radical (unpaired) electrons. The standard InChI is InChI=1S/C26H36N4O4/c1-3-17(2)23(26(33)30-11-10-22-24(30)21(31)16-34-22)27-25(32)18-4-6-19(7-5-18)28-12-14-29(15-13-28)20-8-9-20/h4-7,17,20,22-24H,3,8-16H2,1-2H3,(H,27,32)/t17-,22+,23?,24+/m0/s1. The predicted molar refractivity (Wildman–Crippen MR) is 129 cm³/mol. The lowest BCUT2D eigenvalue weighted by molar-refractivity contribution is -0.139. The van der Waals surface area contributed by atoms with Gasteiger partial charge in [-0.15, -0.1) is 0 Å². The molecule has 3 saturated heterocycles. The summed E-state index contributed by atoms with van der Waals surface area (Å²) >= 11 is 0. The molecule has 2 amide bonds. The Bertz CT molecular complexity index is 923. The van der Waals surface area contributed by atoms with Gasteiger partial charge >= 0.3 is 0 Å². The van der Waals surface area contributed by atoms with E-state index in [9.17, 15) is 14.4 Å². The minimum atomic E-state index is -0.667. The van der Waals surface area contributed by atoms with Gasteiger partial charge in [0.15, 0.2) is 5.78 Å². The van der Waals surface area contributed by atoms with E-state index >= 15 is 0 Å². The van der Waals surface area contributed by atoms with Crippen molar-refractivity contribution in [1.82, 2.24) is 15.1 Å². The normalized spacial score (nSPS) is 26.9. The zero-order valence-corrected chi connectivity index (χ0v) is 20.2. The van der Waals surface area contributed by atoms with Gasteiger partial charge in [-0.25, -0.2) is 0 Å². The number of ether oxygens (including phenoxy) is 1. The number of nitrogens with one attached hydrogen (secondary N) is 1. The van der Waals surface area contributed by atoms with Gasteiger partial charge in [-0.05, 0) is 49.4 Å². The van der Waals surface area contributed by atoms with Gasteiger partial charge in [0, 0.05) is 50.0 Å². The Hall–Kier alpha value is -2.45. The third-order valence-electron chi connectivity index (χ3n) is 8.03. The quantitative estimate of drug-likeness (QED) is 0.656. The van der Waals surface area contributed by atoms with Crippen molar-refractivity contribution in [2.24, 2.45) is 5.92 Å². The van der Waals surface area contributed by atoms with E-state index < -0.39 is 12.1 Å². The zero-order valence-electron chi connectivity index (χ0n) is 20.2. The number of anilines is 1. The minimum Gasteiger partial charge on any atom is -0.369 e. The Morgan fingerprint density at radius 2 is 1.76 bits per heavy atom. The fourth-order valence-corrected chi connectivity index (χ4v) is 5.54. The topological polar surface area (TPSA) is 82.2 Å². The number of benzene rings is 1. The zero-order chi connectivity index (χ0) is 23.8. The van der Waals surface area contributed by atoms with E-state index in [2.05, 4.69) is 15.1 Å². The second-order valence-corrected chi connectivity index (χ2v) is 10.2. The molecule has 34 heavy (non-hydrogen) atoms. The molecule has 8 nitrogen and oxygen atoms in total. The van der Waals surface area contributed by atoms with Crippen LogP contribution in [0.25, 0.3) is 0 Å². The van der Waals surface area contributed by atoms with E-state index in [4.69, 9.17) is 4.74 Å². The number of rotatable bonds is 7. The number of carbonyl (C=O) groups excluding carboxylic acids is 3. The molecule has 4 atom stereocenters. The van der Waals surface area contributed by atoms with Crippen LogP contribution in [0.1, 0.15) is 49.9 Å². The maximum absolute atomic E-state index is 13.4. The first-order chi connectivity index (χ1) is 16.5. The number of carbonyl (C=O) groups is 3. The van der Waals surface area contributed by atoms with Gasteiger partial charge in [-0.1, -0.05) is 20.3 Å². The summed E-state index contributed by atoms with van der Waals surface area (Å²) < 4.78 is 5.53. The van der Waals surface area contributed by atoms with Crippen LogP contribution in [0.2, 0.25) is 0 Å². The molecule has 1 saturated carbocycles. The Morgan fingerprint density at radius 1 is 1.06 bits per heavy atom. The van der Waals surface area contributed by atoms with Crippen molar-refractivity contribution in [1.29, 1.82) is 0 Å². The van der Waals surface area contributed by atoms with Gasteiger partial charge in [0.1, 0.15) is 18.7 Å². The lowest BCUT2D eigenvalue weighted by Gasteiger charge is -2.36. The van der Waals surface area contributed by atoms with Crippen LogP contribution in [-0.4, -0.2) is 91.0 Å². The molecule has 0 aromatic heterocycles. The molecule has 1 aliphatic carbocycles. The number of Topliss-reactive ketones (excluding diaryl/α,β-unsaturated/α-hetero) is 1. The van der Waals surface area contributed by atoms with E-state index in [-0.39, 0.29) is 36.2 Å². The second-order valence-electron chi connectivity index (χ2n) is 10.2. The third-order valence-corrected chi connectivity index (χ3v) is 8.03. The summed E-state index contributed by atoms with van der Waals surface area (Å²) in [6.45, 7) is 8.74. The number of nitrogens with zero attached hydrogens (tertiary/aromatic N) is 3. The number of hydrogen-bond donors (Lipinski definition) is 1. The van der Waals surface area contributed by atoms with Crippen molar-refractivity contribution >= 4 is 23.3 Å². The maximum atomic E-state index is 13.4. The van der Waals surface area contributed by atoms with Gasteiger partial charge in [-0.3, -0.25) is 19.3 Å². The van der Waals surface area contributed by atoms with E-state index in [1.54, 1.807) is 4.90 Å². The molecule has 1 aromatic rings. The highest BCUT2D eigenvalue weighted by molar-refractivity contribution is 5.99. The fourth-order valence-electron chi connectivity index (χ4n) is 5.54. The molecule has 3 aliphatic heterocycles. The summed E-state index contributed by atoms with van der Waals surface area (Å²) in [7, 11) is 0. The lowest BCUT2D eigenvalue weighted by atomic mass is 9.96. The van der Waals surface area contributed by atoms with Gasteiger partial charge in [0.25, 0.3) is 5.91 Å². The van der Waals surface area contributed by atoms with Crippen LogP contribution in [0.5, 0.6) is 0 Å². The first-order valence-corrected chi connectivity index (χ1v) is 12.8. The molecule has 0 bridgehead atoms. The first kappa shape index (κ1) is 23.3. The molecule has 1 unspecified atom stereocenters. The van der Waals surface area contributed by atoms with Crippen LogP contribution in [0, 0.1) is 5.92 Å². The van der Waals surface area contributed by atoms with Crippen molar-refractivity contribution in [2.75, 3.05) is 44.2 Å². The Kier molecular flexibility index (Phi) is 6.62. The number of ketones is 1. The van der Waals surface area contributed by atoms with Crippen molar-refractivity contribution in [3.8, 4) is 0 Å². The number of fused-ring (bicyclic) bond motifs is 1.